The van der Waals surface area contributed by atoms with Crippen LogP contribution in [0, 0.1) is 28.1 Å². The minimum atomic E-state index is -2.42. The Kier molecular flexibility index (Phi) is 4.63. The van der Waals surface area contributed by atoms with Crippen molar-refractivity contribution in [2.75, 3.05) is 6.61 Å². The van der Waals surface area contributed by atoms with Crippen molar-refractivity contribution >= 4 is 17.9 Å². The number of cyclic esters (lactones) is 2. The normalized spacial score (nSPS) is 60.7. The fourth-order valence-electron chi connectivity index (χ4n) is 12.3. The van der Waals surface area contributed by atoms with E-state index >= 15 is 0 Å². The summed E-state index contributed by atoms with van der Waals surface area (Å²) in [6.07, 6.45) is -5.94. The van der Waals surface area contributed by atoms with E-state index in [0.717, 1.165) is 0 Å². The number of furan rings is 1. The molecule has 0 amide bonds. The first-order chi connectivity index (χ1) is 20.6. The van der Waals surface area contributed by atoms with E-state index in [2.05, 4.69) is 0 Å². The number of aliphatic hydroxyl groups excluding tert-OH is 3. The topological polar surface area (TPSA) is 201 Å². The van der Waals surface area contributed by atoms with Gasteiger partial charge in [0.2, 0.25) is 0 Å². The van der Waals surface area contributed by atoms with Crippen molar-refractivity contribution in [3.8, 4) is 0 Å². The van der Waals surface area contributed by atoms with Crippen LogP contribution in [-0.2, 0) is 42.8 Å². The van der Waals surface area contributed by atoms with Crippen molar-refractivity contribution in [3.63, 3.8) is 0 Å². The van der Waals surface area contributed by atoms with Crippen LogP contribution in [0.25, 0.3) is 0 Å². The molecule has 4 aliphatic carbocycles. The van der Waals surface area contributed by atoms with E-state index in [4.69, 9.17) is 32.8 Å². The first-order valence-electron chi connectivity index (χ1n) is 15.0. The third-order valence-electron chi connectivity index (χ3n) is 13.3. The molecule has 4 bridgehead atoms. The van der Waals surface area contributed by atoms with E-state index in [1.807, 2.05) is 0 Å². The summed E-state index contributed by atoms with van der Waals surface area (Å²) in [7, 11) is 0. The van der Waals surface area contributed by atoms with Crippen LogP contribution in [0.5, 0.6) is 0 Å². The van der Waals surface area contributed by atoms with Crippen molar-refractivity contribution in [3.05, 3.63) is 24.2 Å². The molecule has 14 heteroatoms. The van der Waals surface area contributed by atoms with Crippen LogP contribution in [0.2, 0.25) is 0 Å². The molecule has 8 fully saturated rings. The molecule has 0 unspecified atom stereocenters. The average Bonchev–Trinajstić information content (AvgIpc) is 3.66. The second-order valence-corrected chi connectivity index (χ2v) is 14.8. The number of fused-ring (bicyclic) bond motifs is 4. The highest BCUT2D eigenvalue weighted by Crippen LogP contribution is 2.89. The summed E-state index contributed by atoms with van der Waals surface area (Å²) in [5.41, 5.74) is -12.5. The second-order valence-electron chi connectivity index (χ2n) is 14.8. The number of ether oxygens (including phenoxy) is 6. The van der Waals surface area contributed by atoms with Gasteiger partial charge in [-0.2, -0.15) is 0 Å². The maximum atomic E-state index is 13.5. The molecule has 4 N–H and O–H groups in total. The maximum Gasteiger partial charge on any atom is 0.306 e. The van der Waals surface area contributed by atoms with Crippen LogP contribution in [0.15, 0.2) is 23.0 Å². The molecule has 9 rings (SSSR count). The Morgan fingerprint density at radius 2 is 1.73 bits per heavy atom. The third-order valence-corrected chi connectivity index (χ3v) is 13.3. The SMILES string of the molecule is CC(=O)O[C@H]1[C@@H](O)[C@@]23O[C@@]4(C)O[C@]2([C@@H]2CC(=O)O[C@@H](c5ccoc5)[C@@]21C)[C@H](O)[C@@]1(O)[C@@H](O)[C@]2(C)C[C@@]1(O4)[C@]31COC(=O)C[C@@H]21. The van der Waals surface area contributed by atoms with Crippen molar-refractivity contribution in [2.45, 2.75) is 106 Å². The molecule has 15 atom stereocenters. The van der Waals surface area contributed by atoms with Gasteiger partial charge >= 0.3 is 17.9 Å². The van der Waals surface area contributed by atoms with Crippen LogP contribution in [-0.4, -0.2) is 97.7 Å². The summed E-state index contributed by atoms with van der Waals surface area (Å²) in [5.74, 6) is -5.99. The summed E-state index contributed by atoms with van der Waals surface area (Å²) in [6, 6.07) is 1.57. The van der Waals surface area contributed by atoms with Gasteiger partial charge in [-0.15, -0.1) is 0 Å². The number of carbonyl (C=O) groups is 3. The number of carbonyl (C=O) groups excluding carboxylic acids is 3. The molecular formula is C30H34O14. The maximum absolute atomic E-state index is 13.5. The molecule has 0 radical (unpaired) electrons. The molecule has 5 heterocycles. The highest BCUT2D eigenvalue weighted by atomic mass is 16.9. The van der Waals surface area contributed by atoms with E-state index in [-0.39, 0.29) is 12.8 Å². The number of esters is 3. The minimum Gasteiger partial charge on any atom is -0.472 e. The van der Waals surface area contributed by atoms with Gasteiger partial charge in [-0.1, -0.05) is 13.8 Å². The zero-order chi connectivity index (χ0) is 31.3. The third kappa shape index (κ3) is 2.26. The Hall–Kier alpha value is -2.59. The lowest BCUT2D eigenvalue weighted by Gasteiger charge is -2.78. The molecule has 0 aromatic carbocycles. The fourth-order valence-corrected chi connectivity index (χ4v) is 12.3. The average molecular weight is 619 g/mol. The van der Waals surface area contributed by atoms with Gasteiger partial charge < -0.3 is 53.3 Å². The molecule has 4 aliphatic heterocycles. The Labute approximate surface area is 250 Å². The predicted octanol–water partition coefficient (Wildman–Crippen LogP) is -0.397. The first-order valence-corrected chi connectivity index (χ1v) is 15.0. The van der Waals surface area contributed by atoms with Gasteiger partial charge in [0.05, 0.1) is 35.9 Å². The fraction of sp³-hybridized carbons (Fsp3) is 0.767. The lowest BCUT2D eigenvalue weighted by Crippen LogP contribution is -2.98. The molecule has 4 saturated carbocycles. The number of rotatable bonds is 2. The molecule has 3 spiro atoms. The van der Waals surface area contributed by atoms with Crippen molar-refractivity contribution in [1.82, 2.24) is 0 Å². The lowest BCUT2D eigenvalue weighted by molar-refractivity contribution is -0.500. The summed E-state index contributed by atoms with van der Waals surface area (Å²) in [5, 5.41) is 50.5. The van der Waals surface area contributed by atoms with Gasteiger partial charge in [0.1, 0.15) is 53.4 Å². The monoisotopic (exact) mass is 618 g/mol. The van der Waals surface area contributed by atoms with Gasteiger partial charge in [0.15, 0.2) is 0 Å². The Bertz CT molecular complexity index is 1550. The Balaban J connectivity index is 1.41. The van der Waals surface area contributed by atoms with Gasteiger partial charge in [-0.3, -0.25) is 14.4 Å². The van der Waals surface area contributed by atoms with Gasteiger partial charge in [0.25, 0.3) is 5.97 Å². The molecule has 8 aliphatic rings. The lowest BCUT2D eigenvalue weighted by atomic mass is 9.32. The van der Waals surface area contributed by atoms with Crippen molar-refractivity contribution < 1.29 is 67.6 Å². The van der Waals surface area contributed by atoms with Gasteiger partial charge in [-0.05, 0) is 18.4 Å². The standard InChI is InChI=1S/C30H34O14/c1-12(31)40-20-18(34)30-26-11-39-16(32)7-14(26)23(2)10-27(26)28(37,21(23)35)22(36)29(30,43-25(4,42-27)44-30)15-8-17(33)41-19(24(15,20)3)13-5-6-38-9-13/h5-6,9,14-15,18-22,34-37H,7-8,10-11H2,1-4H3/t14-,15+,18+,19-,20-,21-,22+,23+,24+,25+,26+,27+,28-,29+,30-/m0/s1. The van der Waals surface area contributed by atoms with Crippen LogP contribution in [0.1, 0.15) is 58.6 Å². The molecule has 4 saturated heterocycles. The largest absolute Gasteiger partial charge is 0.472 e. The Morgan fingerprint density at radius 1 is 1.00 bits per heavy atom. The highest BCUT2D eigenvalue weighted by Gasteiger charge is 3.06. The van der Waals surface area contributed by atoms with Crippen LogP contribution >= 0.6 is 0 Å². The molecule has 1 aromatic heterocycles. The van der Waals surface area contributed by atoms with Gasteiger partial charge in [0, 0.05) is 37.2 Å². The summed E-state index contributed by atoms with van der Waals surface area (Å²) >= 11 is 0. The van der Waals surface area contributed by atoms with E-state index in [9.17, 15) is 34.8 Å². The predicted molar refractivity (Wildman–Crippen MR) is 136 cm³/mol. The molecular weight excluding hydrogens is 584 g/mol. The second kappa shape index (κ2) is 7.35. The highest BCUT2D eigenvalue weighted by molar-refractivity contribution is 5.74. The van der Waals surface area contributed by atoms with Crippen molar-refractivity contribution in [1.29, 1.82) is 0 Å². The molecule has 1 aromatic rings. The number of hydrogen-bond donors (Lipinski definition) is 4. The molecule has 238 valence electrons. The van der Waals surface area contributed by atoms with E-state index in [0.29, 0.717) is 5.56 Å². The summed E-state index contributed by atoms with van der Waals surface area (Å²) < 4.78 is 43.0. The number of aliphatic hydroxyl groups is 4. The summed E-state index contributed by atoms with van der Waals surface area (Å²) in [4.78, 5) is 39.2. The summed E-state index contributed by atoms with van der Waals surface area (Å²) in [6.45, 7) is 5.58. The minimum absolute atomic E-state index is 0.0251. The van der Waals surface area contributed by atoms with E-state index in [1.165, 1.54) is 26.4 Å². The van der Waals surface area contributed by atoms with Gasteiger partial charge in [-0.25, -0.2) is 0 Å². The van der Waals surface area contributed by atoms with E-state index in [1.54, 1.807) is 19.9 Å². The Morgan fingerprint density at radius 3 is 2.41 bits per heavy atom. The zero-order valence-corrected chi connectivity index (χ0v) is 24.5. The van der Waals surface area contributed by atoms with Crippen LogP contribution < -0.4 is 0 Å². The van der Waals surface area contributed by atoms with Crippen molar-refractivity contribution in [2.24, 2.45) is 28.1 Å². The van der Waals surface area contributed by atoms with Crippen LogP contribution in [0.3, 0.4) is 0 Å². The van der Waals surface area contributed by atoms with E-state index < -0.39 is 118 Å². The smallest absolute Gasteiger partial charge is 0.306 e. The molecule has 14 nitrogen and oxygen atoms in total. The number of hydrogen-bond acceptors (Lipinski definition) is 14. The first kappa shape index (κ1) is 27.7. The molecule has 44 heavy (non-hydrogen) atoms. The quantitative estimate of drug-likeness (QED) is 0.246. The zero-order valence-electron chi connectivity index (χ0n) is 24.5. The van der Waals surface area contributed by atoms with Crippen LogP contribution in [0.4, 0.5) is 0 Å².